The van der Waals surface area contributed by atoms with Crippen LogP contribution in [0.4, 0.5) is 11.4 Å². The van der Waals surface area contributed by atoms with Crippen LogP contribution in [0.5, 0.6) is 0 Å². The third-order valence-corrected chi connectivity index (χ3v) is 6.90. The molecular weight excluding hydrogens is 460 g/mol. The molecular formula is C24H19ClN4O3S. The summed E-state index contributed by atoms with van der Waals surface area (Å²) in [6.45, 7) is 0.563. The van der Waals surface area contributed by atoms with Crippen LogP contribution in [0.3, 0.4) is 0 Å². The molecule has 1 N–H and O–H groups in total. The molecule has 2 aromatic carbocycles. The van der Waals surface area contributed by atoms with Crippen LogP contribution in [-0.2, 0) is 16.1 Å². The molecule has 0 radical (unpaired) electrons. The quantitative estimate of drug-likeness (QED) is 0.456. The summed E-state index contributed by atoms with van der Waals surface area (Å²) in [6, 6.07) is 16.4. The molecule has 5 rings (SSSR count). The van der Waals surface area contributed by atoms with Crippen molar-refractivity contribution in [2.75, 3.05) is 16.8 Å². The minimum atomic E-state index is -0.335. The Balaban J connectivity index is 1.31. The van der Waals surface area contributed by atoms with Crippen molar-refractivity contribution in [3.05, 3.63) is 76.3 Å². The summed E-state index contributed by atoms with van der Waals surface area (Å²) >= 11 is 7.30. The smallest absolute Gasteiger partial charge is 0.271 e. The van der Waals surface area contributed by atoms with E-state index in [0.717, 1.165) is 22.5 Å². The van der Waals surface area contributed by atoms with E-state index >= 15 is 0 Å². The molecule has 9 heteroatoms. The van der Waals surface area contributed by atoms with Crippen molar-refractivity contribution in [3.8, 4) is 10.4 Å². The Bertz CT molecular complexity index is 1410. The van der Waals surface area contributed by atoms with E-state index in [0.29, 0.717) is 33.9 Å². The standard InChI is InChI=1S/C24H19ClN4O3S/c25-16-5-3-15(4-6-16)20-12-19-23(33-20)24(32)28(14-26-19)13-21(30)27-17-7-9-18(10-8-17)29-11-1-2-22(29)31/h3-10,12,14H,1-2,11,13H2,(H,27,30). The van der Waals surface area contributed by atoms with Crippen molar-refractivity contribution in [2.45, 2.75) is 19.4 Å². The summed E-state index contributed by atoms with van der Waals surface area (Å²) in [5, 5.41) is 3.44. The number of carbonyl (C=O) groups excluding carboxylic acids is 2. The summed E-state index contributed by atoms with van der Waals surface area (Å²) in [7, 11) is 0. The number of fused-ring (bicyclic) bond motifs is 1. The second-order valence-corrected chi connectivity index (χ2v) is 9.24. The van der Waals surface area contributed by atoms with Crippen LogP contribution in [0.1, 0.15) is 12.8 Å². The number of benzene rings is 2. The average Bonchev–Trinajstić information content (AvgIpc) is 3.44. The predicted octanol–water partition coefficient (Wildman–Crippen LogP) is 4.54. The second-order valence-electron chi connectivity index (χ2n) is 7.75. The van der Waals surface area contributed by atoms with Crippen molar-refractivity contribution in [3.63, 3.8) is 0 Å². The van der Waals surface area contributed by atoms with Gasteiger partial charge in [0.15, 0.2) is 0 Å². The molecule has 1 aliphatic heterocycles. The molecule has 166 valence electrons. The van der Waals surface area contributed by atoms with Gasteiger partial charge in [-0.1, -0.05) is 23.7 Å². The van der Waals surface area contributed by atoms with Gasteiger partial charge in [-0.25, -0.2) is 4.98 Å². The van der Waals surface area contributed by atoms with Crippen LogP contribution in [0.15, 0.2) is 65.7 Å². The zero-order valence-electron chi connectivity index (χ0n) is 17.5. The molecule has 0 atom stereocenters. The molecule has 1 saturated heterocycles. The molecule has 0 saturated carbocycles. The normalized spacial score (nSPS) is 13.6. The van der Waals surface area contributed by atoms with Gasteiger partial charge in [0, 0.05) is 34.2 Å². The summed E-state index contributed by atoms with van der Waals surface area (Å²) < 4.78 is 1.80. The Morgan fingerprint density at radius 3 is 2.55 bits per heavy atom. The zero-order valence-corrected chi connectivity index (χ0v) is 19.0. The van der Waals surface area contributed by atoms with E-state index in [2.05, 4.69) is 10.3 Å². The van der Waals surface area contributed by atoms with Crippen LogP contribution in [0.25, 0.3) is 20.7 Å². The minimum absolute atomic E-state index is 0.113. The van der Waals surface area contributed by atoms with E-state index in [1.54, 1.807) is 29.2 Å². The fourth-order valence-electron chi connectivity index (χ4n) is 3.82. The number of aromatic nitrogens is 2. The number of thiophene rings is 1. The van der Waals surface area contributed by atoms with Crippen molar-refractivity contribution in [1.82, 2.24) is 9.55 Å². The van der Waals surface area contributed by atoms with E-state index in [4.69, 9.17) is 11.6 Å². The van der Waals surface area contributed by atoms with Crippen LogP contribution in [-0.4, -0.2) is 27.9 Å². The highest BCUT2D eigenvalue weighted by atomic mass is 35.5. The fraction of sp³-hybridized carbons (Fsp3) is 0.167. The maximum atomic E-state index is 12.9. The Morgan fingerprint density at radius 1 is 1.09 bits per heavy atom. The molecule has 4 aromatic rings. The Labute approximate surface area is 198 Å². The number of amides is 2. The van der Waals surface area contributed by atoms with Crippen LogP contribution < -0.4 is 15.8 Å². The lowest BCUT2D eigenvalue weighted by Gasteiger charge is -2.16. The highest BCUT2D eigenvalue weighted by molar-refractivity contribution is 7.22. The Hall–Kier alpha value is -3.49. The van der Waals surface area contributed by atoms with E-state index in [1.807, 2.05) is 30.3 Å². The lowest BCUT2D eigenvalue weighted by molar-refractivity contribution is -0.117. The highest BCUT2D eigenvalue weighted by Crippen LogP contribution is 2.31. The molecule has 7 nitrogen and oxygen atoms in total. The largest absolute Gasteiger partial charge is 0.325 e. The number of carbonyl (C=O) groups is 2. The molecule has 2 aromatic heterocycles. The molecule has 0 bridgehead atoms. The first-order valence-corrected chi connectivity index (χ1v) is 11.6. The lowest BCUT2D eigenvalue weighted by Crippen LogP contribution is -2.27. The second kappa shape index (κ2) is 8.80. The number of halogens is 1. The number of hydrogen-bond acceptors (Lipinski definition) is 5. The molecule has 33 heavy (non-hydrogen) atoms. The monoisotopic (exact) mass is 478 g/mol. The molecule has 0 unspecified atom stereocenters. The number of anilines is 2. The Morgan fingerprint density at radius 2 is 1.85 bits per heavy atom. The van der Waals surface area contributed by atoms with E-state index in [9.17, 15) is 14.4 Å². The molecule has 3 heterocycles. The first-order chi connectivity index (χ1) is 16.0. The number of nitrogens with one attached hydrogen (secondary N) is 1. The summed E-state index contributed by atoms with van der Waals surface area (Å²) in [4.78, 5) is 44.4. The first-order valence-electron chi connectivity index (χ1n) is 10.4. The number of rotatable bonds is 5. The van der Waals surface area contributed by atoms with Crippen LogP contribution >= 0.6 is 22.9 Å². The molecule has 2 amide bonds. The van der Waals surface area contributed by atoms with Crippen molar-refractivity contribution >= 4 is 56.3 Å². The lowest BCUT2D eigenvalue weighted by atomic mass is 10.2. The number of nitrogens with zero attached hydrogens (tertiary/aromatic N) is 3. The van der Waals surface area contributed by atoms with Crippen LogP contribution in [0.2, 0.25) is 5.02 Å². The molecule has 0 aliphatic carbocycles. The van der Waals surface area contributed by atoms with Gasteiger partial charge in [0.1, 0.15) is 11.2 Å². The maximum absolute atomic E-state index is 12.9. The van der Waals surface area contributed by atoms with Gasteiger partial charge < -0.3 is 10.2 Å². The highest BCUT2D eigenvalue weighted by Gasteiger charge is 2.21. The third-order valence-electron chi connectivity index (χ3n) is 5.48. The van der Waals surface area contributed by atoms with Crippen molar-refractivity contribution in [1.29, 1.82) is 0 Å². The van der Waals surface area contributed by atoms with Gasteiger partial charge in [-0.2, -0.15) is 0 Å². The van der Waals surface area contributed by atoms with Crippen molar-refractivity contribution < 1.29 is 9.59 Å². The topological polar surface area (TPSA) is 84.3 Å². The average molecular weight is 479 g/mol. The third kappa shape index (κ3) is 4.40. The van der Waals surface area contributed by atoms with Gasteiger partial charge >= 0.3 is 0 Å². The van der Waals surface area contributed by atoms with Crippen LogP contribution in [0, 0.1) is 0 Å². The SMILES string of the molecule is O=C(Cn1cnc2cc(-c3ccc(Cl)cc3)sc2c1=O)Nc1ccc(N2CCCC2=O)cc1. The fourth-order valence-corrected chi connectivity index (χ4v) is 5.01. The van der Waals surface area contributed by atoms with Gasteiger partial charge in [-0.3, -0.25) is 19.0 Å². The van der Waals surface area contributed by atoms with Gasteiger partial charge in [-0.05, 0) is 54.4 Å². The zero-order chi connectivity index (χ0) is 22.9. The van der Waals surface area contributed by atoms with E-state index in [-0.39, 0.29) is 23.9 Å². The Kier molecular flexibility index (Phi) is 5.70. The van der Waals surface area contributed by atoms with E-state index in [1.165, 1.54) is 22.2 Å². The minimum Gasteiger partial charge on any atom is -0.325 e. The van der Waals surface area contributed by atoms with Gasteiger partial charge in [0.05, 0.1) is 11.8 Å². The molecule has 0 spiro atoms. The van der Waals surface area contributed by atoms with E-state index < -0.39 is 0 Å². The summed E-state index contributed by atoms with van der Waals surface area (Å²) in [6.07, 6.45) is 2.82. The van der Waals surface area contributed by atoms with Gasteiger partial charge in [0.2, 0.25) is 11.8 Å². The summed E-state index contributed by atoms with van der Waals surface area (Å²) in [5.74, 6) is -0.223. The predicted molar refractivity (Wildman–Crippen MR) is 131 cm³/mol. The molecule has 1 aliphatic rings. The first kappa shape index (κ1) is 21.4. The van der Waals surface area contributed by atoms with Gasteiger partial charge in [0.25, 0.3) is 5.56 Å². The summed E-state index contributed by atoms with van der Waals surface area (Å²) in [5.41, 5.74) is 2.70. The molecule has 1 fully saturated rings. The maximum Gasteiger partial charge on any atom is 0.271 e. The number of hydrogen-bond donors (Lipinski definition) is 1. The van der Waals surface area contributed by atoms with Gasteiger partial charge in [-0.15, -0.1) is 11.3 Å². The van der Waals surface area contributed by atoms with Crippen molar-refractivity contribution in [2.24, 2.45) is 0 Å².